The van der Waals surface area contributed by atoms with E-state index in [0.717, 1.165) is 26.2 Å². The van der Waals surface area contributed by atoms with Crippen molar-refractivity contribution in [1.29, 1.82) is 0 Å². The van der Waals surface area contributed by atoms with E-state index in [1.165, 1.54) is 12.8 Å². The van der Waals surface area contributed by atoms with Gasteiger partial charge >= 0.3 is 0 Å². The molecule has 0 aliphatic carbocycles. The second kappa shape index (κ2) is 6.49. The molecular weight excluding hydrogens is 314 g/mol. The first kappa shape index (κ1) is 16.3. The lowest BCUT2D eigenvalue weighted by molar-refractivity contribution is 0.0571. The predicted molar refractivity (Wildman–Crippen MR) is 90.0 cm³/mol. The highest BCUT2D eigenvalue weighted by Gasteiger charge is 2.32. The summed E-state index contributed by atoms with van der Waals surface area (Å²) in [6.07, 6.45) is 2.39. The topological polar surface area (TPSA) is 69.7 Å². The molecule has 126 valence electrons. The Morgan fingerprint density at radius 2 is 1.96 bits per heavy atom. The average Bonchev–Trinajstić information content (AvgIpc) is 3.02. The zero-order chi connectivity index (χ0) is 16.4. The van der Waals surface area contributed by atoms with Crippen LogP contribution in [-0.4, -0.2) is 62.1 Å². The Morgan fingerprint density at radius 3 is 2.65 bits per heavy atom. The van der Waals surface area contributed by atoms with Crippen LogP contribution in [0.1, 0.15) is 30.1 Å². The van der Waals surface area contributed by atoms with E-state index in [9.17, 15) is 13.2 Å². The van der Waals surface area contributed by atoms with Crippen molar-refractivity contribution < 1.29 is 13.2 Å². The van der Waals surface area contributed by atoms with Crippen LogP contribution in [0.5, 0.6) is 0 Å². The Morgan fingerprint density at radius 1 is 1.22 bits per heavy atom. The number of hydrogen-bond donors (Lipinski definition) is 1. The van der Waals surface area contributed by atoms with Gasteiger partial charge in [0, 0.05) is 36.9 Å². The second-order valence-electron chi connectivity index (χ2n) is 6.17. The van der Waals surface area contributed by atoms with E-state index in [4.69, 9.17) is 0 Å². The van der Waals surface area contributed by atoms with Crippen LogP contribution in [-0.2, 0) is 10.0 Å². The highest BCUT2D eigenvalue weighted by Crippen LogP contribution is 2.23. The van der Waals surface area contributed by atoms with Gasteiger partial charge in [-0.15, -0.1) is 0 Å². The first-order chi connectivity index (χ1) is 11.0. The molecule has 1 amide bonds. The third-order valence-corrected chi connectivity index (χ3v) is 5.97. The number of anilines is 1. The van der Waals surface area contributed by atoms with Gasteiger partial charge in [-0.05, 0) is 50.6 Å². The molecule has 0 spiro atoms. The summed E-state index contributed by atoms with van der Waals surface area (Å²) in [5, 5.41) is 0. The van der Waals surface area contributed by atoms with Crippen LogP contribution in [0, 0.1) is 0 Å². The van der Waals surface area contributed by atoms with Gasteiger partial charge in [0.15, 0.2) is 0 Å². The van der Waals surface area contributed by atoms with E-state index < -0.39 is 10.0 Å². The van der Waals surface area contributed by atoms with Crippen LogP contribution in [0.4, 0.5) is 5.69 Å². The maximum Gasteiger partial charge on any atom is 0.253 e. The fourth-order valence-electron chi connectivity index (χ4n) is 3.29. The molecule has 2 aliphatic rings. The first-order valence-electron chi connectivity index (χ1n) is 8.12. The van der Waals surface area contributed by atoms with Crippen LogP contribution < -0.4 is 4.72 Å². The fourth-order valence-corrected chi connectivity index (χ4v) is 3.93. The molecule has 0 saturated carbocycles. The number of piperazine rings is 1. The quantitative estimate of drug-likeness (QED) is 0.901. The SMILES string of the molecule is CCS(=O)(=O)Nc1ccc(C(=O)N2CCN3CCC[C@@H]3C2)cc1. The number of nitrogens with zero attached hydrogens (tertiary/aromatic N) is 2. The van der Waals surface area contributed by atoms with Crippen molar-refractivity contribution >= 4 is 21.6 Å². The highest BCUT2D eigenvalue weighted by atomic mass is 32.2. The van der Waals surface area contributed by atoms with Crippen molar-refractivity contribution in [3.8, 4) is 0 Å². The van der Waals surface area contributed by atoms with Crippen molar-refractivity contribution in [2.24, 2.45) is 0 Å². The summed E-state index contributed by atoms with van der Waals surface area (Å²) in [7, 11) is -3.29. The van der Waals surface area contributed by atoms with Crippen LogP contribution in [0.3, 0.4) is 0 Å². The van der Waals surface area contributed by atoms with Gasteiger partial charge in [-0.3, -0.25) is 14.4 Å². The van der Waals surface area contributed by atoms with Crippen molar-refractivity contribution in [3.05, 3.63) is 29.8 Å². The lowest BCUT2D eigenvalue weighted by Crippen LogP contribution is -2.52. The summed E-state index contributed by atoms with van der Waals surface area (Å²) < 4.78 is 25.6. The number of carbonyl (C=O) groups is 1. The molecule has 0 aromatic heterocycles. The van der Waals surface area contributed by atoms with Gasteiger partial charge in [-0.25, -0.2) is 8.42 Å². The molecule has 0 radical (unpaired) electrons. The molecular formula is C16H23N3O3S. The van der Waals surface area contributed by atoms with Gasteiger partial charge in [-0.2, -0.15) is 0 Å². The maximum atomic E-state index is 12.6. The highest BCUT2D eigenvalue weighted by molar-refractivity contribution is 7.92. The van der Waals surface area contributed by atoms with Crippen LogP contribution in [0.2, 0.25) is 0 Å². The zero-order valence-corrected chi connectivity index (χ0v) is 14.2. The predicted octanol–water partition coefficient (Wildman–Crippen LogP) is 1.37. The van der Waals surface area contributed by atoms with Crippen LogP contribution in [0.25, 0.3) is 0 Å². The first-order valence-corrected chi connectivity index (χ1v) is 9.77. The molecule has 2 aliphatic heterocycles. The van der Waals surface area contributed by atoms with Gasteiger partial charge < -0.3 is 4.90 Å². The Bertz CT molecular complexity index is 672. The van der Waals surface area contributed by atoms with E-state index in [1.54, 1.807) is 31.2 Å². The molecule has 2 heterocycles. The average molecular weight is 337 g/mol. The zero-order valence-electron chi connectivity index (χ0n) is 13.4. The Kier molecular flexibility index (Phi) is 4.59. The molecule has 1 aromatic carbocycles. The fraction of sp³-hybridized carbons (Fsp3) is 0.562. The Labute approximate surface area is 137 Å². The largest absolute Gasteiger partial charge is 0.336 e. The molecule has 7 heteroatoms. The van der Waals surface area contributed by atoms with Crippen molar-refractivity contribution in [2.75, 3.05) is 36.7 Å². The van der Waals surface area contributed by atoms with Gasteiger partial charge in [0.05, 0.1) is 5.75 Å². The molecule has 0 unspecified atom stereocenters. The molecule has 6 nitrogen and oxygen atoms in total. The molecule has 1 aromatic rings. The van der Waals surface area contributed by atoms with Crippen molar-refractivity contribution in [1.82, 2.24) is 9.80 Å². The number of amides is 1. The van der Waals surface area contributed by atoms with E-state index in [-0.39, 0.29) is 11.7 Å². The smallest absolute Gasteiger partial charge is 0.253 e. The third-order valence-electron chi connectivity index (χ3n) is 4.66. The van der Waals surface area contributed by atoms with Gasteiger partial charge in [0.1, 0.15) is 0 Å². The Balaban J connectivity index is 1.66. The minimum absolute atomic E-state index is 0.0271. The maximum absolute atomic E-state index is 12.6. The normalized spacial score (nSPS) is 22.0. The van der Waals surface area contributed by atoms with Crippen LogP contribution in [0.15, 0.2) is 24.3 Å². The van der Waals surface area contributed by atoms with Crippen molar-refractivity contribution in [3.63, 3.8) is 0 Å². The Hall–Kier alpha value is -1.60. The summed E-state index contributed by atoms with van der Waals surface area (Å²) in [4.78, 5) is 17.0. The molecule has 3 rings (SSSR count). The third kappa shape index (κ3) is 3.67. The van der Waals surface area contributed by atoms with E-state index in [1.807, 2.05) is 4.90 Å². The molecule has 2 fully saturated rings. The lowest BCUT2D eigenvalue weighted by atomic mass is 10.1. The molecule has 1 atom stereocenters. The van der Waals surface area contributed by atoms with Crippen LogP contribution >= 0.6 is 0 Å². The number of benzene rings is 1. The number of hydrogen-bond acceptors (Lipinski definition) is 4. The summed E-state index contributed by atoms with van der Waals surface area (Å²) in [6.45, 7) is 5.25. The minimum Gasteiger partial charge on any atom is -0.336 e. The number of sulfonamides is 1. The second-order valence-corrected chi connectivity index (χ2v) is 8.18. The van der Waals surface area contributed by atoms with Gasteiger partial charge in [-0.1, -0.05) is 0 Å². The summed E-state index contributed by atoms with van der Waals surface area (Å²) in [5.74, 6) is 0.0563. The van der Waals surface area contributed by atoms with Gasteiger partial charge in [0.25, 0.3) is 5.91 Å². The number of nitrogens with one attached hydrogen (secondary N) is 1. The molecule has 0 bridgehead atoms. The number of fused-ring (bicyclic) bond motifs is 1. The number of carbonyl (C=O) groups excluding carboxylic acids is 1. The molecule has 23 heavy (non-hydrogen) atoms. The lowest BCUT2D eigenvalue weighted by Gasteiger charge is -2.37. The van der Waals surface area contributed by atoms with E-state index in [0.29, 0.717) is 17.3 Å². The number of rotatable bonds is 4. The standard InChI is InChI=1S/C16H23N3O3S/c1-2-23(21,22)17-14-7-5-13(6-8-14)16(20)19-11-10-18-9-3-4-15(18)12-19/h5-8,15,17H,2-4,9-12H2,1H3/t15-/m1/s1. The monoisotopic (exact) mass is 337 g/mol. The van der Waals surface area contributed by atoms with Gasteiger partial charge in [0.2, 0.25) is 10.0 Å². The van der Waals surface area contributed by atoms with E-state index in [2.05, 4.69) is 9.62 Å². The minimum atomic E-state index is -3.29. The van der Waals surface area contributed by atoms with Crippen molar-refractivity contribution in [2.45, 2.75) is 25.8 Å². The molecule has 2 saturated heterocycles. The summed E-state index contributed by atoms with van der Waals surface area (Å²) >= 11 is 0. The molecule has 1 N–H and O–H groups in total. The van der Waals surface area contributed by atoms with E-state index >= 15 is 0 Å². The summed E-state index contributed by atoms with van der Waals surface area (Å²) in [5.41, 5.74) is 1.10. The summed E-state index contributed by atoms with van der Waals surface area (Å²) in [6, 6.07) is 7.18.